The quantitative estimate of drug-likeness (QED) is 0.844. The smallest absolute Gasteiger partial charge is 0.191 e. The molecule has 2 rings (SSSR count). The second-order valence-corrected chi connectivity index (χ2v) is 5.60. The summed E-state index contributed by atoms with van der Waals surface area (Å²) in [5, 5.41) is 13.3. The Labute approximate surface area is 109 Å². The number of hydrogen-bond acceptors (Lipinski definition) is 6. The van der Waals surface area contributed by atoms with Gasteiger partial charge in [-0.3, -0.25) is 0 Å². The molecule has 2 aromatic rings. The van der Waals surface area contributed by atoms with Gasteiger partial charge in [-0.2, -0.15) is 0 Å². The maximum Gasteiger partial charge on any atom is 0.191 e. The predicted octanol–water partition coefficient (Wildman–Crippen LogP) is 2.30. The summed E-state index contributed by atoms with van der Waals surface area (Å²) in [5.41, 5.74) is 0. The first kappa shape index (κ1) is 12.4. The van der Waals surface area contributed by atoms with Crippen LogP contribution in [-0.2, 0) is 12.8 Å². The molecule has 0 saturated heterocycles. The minimum absolute atomic E-state index is 0.884. The highest BCUT2D eigenvalue weighted by Gasteiger charge is 2.07. The molecule has 0 amide bonds. The Morgan fingerprint density at radius 2 is 2.29 bits per heavy atom. The van der Waals surface area contributed by atoms with E-state index in [0.717, 1.165) is 28.4 Å². The van der Waals surface area contributed by atoms with Crippen molar-refractivity contribution in [1.29, 1.82) is 0 Å². The summed E-state index contributed by atoms with van der Waals surface area (Å²) in [7, 11) is 1.98. The molecule has 0 bridgehead atoms. The number of aromatic nitrogens is 4. The van der Waals surface area contributed by atoms with E-state index >= 15 is 0 Å². The number of thiazole rings is 1. The monoisotopic (exact) mass is 269 g/mol. The molecule has 7 heteroatoms. The molecule has 2 aromatic heterocycles. The first-order valence-corrected chi connectivity index (χ1v) is 7.18. The molecule has 0 unspecified atom stereocenters. The molecule has 0 aliphatic rings. The fourth-order valence-electron chi connectivity index (χ4n) is 1.26. The molecule has 17 heavy (non-hydrogen) atoms. The molecule has 0 aliphatic carbocycles. The highest BCUT2D eigenvalue weighted by Crippen LogP contribution is 2.26. The SMILES string of the molecule is CCNc1ncc(CSc2nnc(C)n2C)s1. The van der Waals surface area contributed by atoms with Crippen LogP contribution in [0.5, 0.6) is 0 Å². The number of nitrogens with zero attached hydrogens (tertiary/aromatic N) is 4. The number of hydrogen-bond donors (Lipinski definition) is 1. The lowest BCUT2D eigenvalue weighted by Gasteiger charge is -1.99. The van der Waals surface area contributed by atoms with Gasteiger partial charge in [0.05, 0.1) is 0 Å². The van der Waals surface area contributed by atoms with Gasteiger partial charge in [-0.25, -0.2) is 4.98 Å². The predicted molar refractivity (Wildman–Crippen MR) is 71.6 cm³/mol. The Morgan fingerprint density at radius 1 is 1.47 bits per heavy atom. The third-order valence-electron chi connectivity index (χ3n) is 2.28. The molecule has 5 nitrogen and oxygen atoms in total. The topological polar surface area (TPSA) is 55.6 Å². The van der Waals surface area contributed by atoms with Crippen LogP contribution in [0.3, 0.4) is 0 Å². The third-order valence-corrected chi connectivity index (χ3v) is 4.48. The molecule has 92 valence electrons. The first-order valence-electron chi connectivity index (χ1n) is 5.38. The van der Waals surface area contributed by atoms with Crippen molar-refractivity contribution in [3.63, 3.8) is 0 Å². The Kier molecular flexibility index (Phi) is 4.01. The van der Waals surface area contributed by atoms with Gasteiger partial charge in [0.1, 0.15) is 5.82 Å². The standard InChI is InChI=1S/C10H15N5S2/c1-4-11-9-12-5-8(17-9)6-16-10-14-13-7(2)15(10)3/h5H,4,6H2,1-3H3,(H,11,12). The van der Waals surface area contributed by atoms with E-state index in [0.29, 0.717) is 0 Å². The van der Waals surface area contributed by atoms with E-state index in [1.807, 2.05) is 24.7 Å². The molecule has 0 saturated carbocycles. The number of aryl methyl sites for hydroxylation is 1. The minimum atomic E-state index is 0.884. The summed E-state index contributed by atoms with van der Waals surface area (Å²) >= 11 is 3.37. The van der Waals surface area contributed by atoms with Crippen LogP contribution in [0.4, 0.5) is 5.13 Å². The van der Waals surface area contributed by atoms with Crippen molar-refractivity contribution in [2.45, 2.75) is 24.8 Å². The highest BCUT2D eigenvalue weighted by atomic mass is 32.2. The summed E-state index contributed by atoms with van der Waals surface area (Å²) in [6.45, 7) is 4.92. The Balaban J connectivity index is 1.95. The van der Waals surface area contributed by atoms with Crippen LogP contribution in [-0.4, -0.2) is 26.3 Å². The normalized spacial score (nSPS) is 10.8. The van der Waals surface area contributed by atoms with E-state index in [1.165, 1.54) is 4.88 Å². The van der Waals surface area contributed by atoms with E-state index in [-0.39, 0.29) is 0 Å². The van der Waals surface area contributed by atoms with Gasteiger partial charge in [-0.05, 0) is 13.8 Å². The summed E-state index contributed by atoms with van der Waals surface area (Å²) < 4.78 is 2.00. The van der Waals surface area contributed by atoms with Crippen LogP contribution < -0.4 is 5.32 Å². The minimum Gasteiger partial charge on any atom is -0.362 e. The maximum atomic E-state index is 4.30. The van der Waals surface area contributed by atoms with Gasteiger partial charge in [0, 0.05) is 30.4 Å². The maximum absolute atomic E-state index is 4.30. The van der Waals surface area contributed by atoms with E-state index < -0.39 is 0 Å². The second kappa shape index (κ2) is 5.50. The van der Waals surface area contributed by atoms with E-state index in [9.17, 15) is 0 Å². The van der Waals surface area contributed by atoms with Crippen LogP contribution in [0.2, 0.25) is 0 Å². The fraction of sp³-hybridized carbons (Fsp3) is 0.500. The molecule has 0 radical (unpaired) electrons. The molecule has 2 heterocycles. The van der Waals surface area contributed by atoms with E-state index in [4.69, 9.17) is 0 Å². The van der Waals surface area contributed by atoms with Gasteiger partial charge in [0.2, 0.25) is 0 Å². The Morgan fingerprint density at radius 3 is 2.94 bits per heavy atom. The lowest BCUT2D eigenvalue weighted by molar-refractivity contribution is 0.765. The van der Waals surface area contributed by atoms with Crippen molar-refractivity contribution in [3.05, 3.63) is 16.9 Å². The van der Waals surface area contributed by atoms with E-state index in [1.54, 1.807) is 23.1 Å². The lowest BCUT2D eigenvalue weighted by Crippen LogP contribution is -1.94. The summed E-state index contributed by atoms with van der Waals surface area (Å²) in [6, 6.07) is 0. The molecular weight excluding hydrogens is 254 g/mol. The van der Waals surface area contributed by atoms with Crippen molar-refractivity contribution < 1.29 is 0 Å². The van der Waals surface area contributed by atoms with Gasteiger partial charge >= 0.3 is 0 Å². The average molecular weight is 269 g/mol. The summed E-state index contributed by atoms with van der Waals surface area (Å²) in [6.07, 6.45) is 1.92. The van der Waals surface area contributed by atoms with Gasteiger partial charge in [0.25, 0.3) is 0 Å². The van der Waals surface area contributed by atoms with Crippen molar-refractivity contribution >= 4 is 28.2 Å². The zero-order valence-electron chi connectivity index (χ0n) is 10.1. The number of rotatable bonds is 5. The second-order valence-electron chi connectivity index (χ2n) is 3.54. The fourth-order valence-corrected chi connectivity index (χ4v) is 3.11. The number of thioether (sulfide) groups is 1. The van der Waals surface area contributed by atoms with Crippen LogP contribution in [0.25, 0.3) is 0 Å². The third kappa shape index (κ3) is 2.98. The molecular formula is C10H15N5S2. The van der Waals surface area contributed by atoms with Gasteiger partial charge in [-0.15, -0.1) is 21.5 Å². The zero-order chi connectivity index (χ0) is 12.3. The molecule has 0 spiro atoms. The zero-order valence-corrected chi connectivity index (χ0v) is 11.7. The lowest BCUT2D eigenvalue weighted by atomic mass is 10.6. The summed E-state index contributed by atoms with van der Waals surface area (Å²) in [5.74, 6) is 1.82. The van der Waals surface area contributed by atoms with Crippen LogP contribution in [0.1, 0.15) is 17.6 Å². The van der Waals surface area contributed by atoms with Crippen molar-refractivity contribution in [3.8, 4) is 0 Å². The summed E-state index contributed by atoms with van der Waals surface area (Å²) in [4.78, 5) is 5.54. The van der Waals surface area contributed by atoms with Crippen LogP contribution in [0, 0.1) is 6.92 Å². The van der Waals surface area contributed by atoms with Crippen molar-refractivity contribution in [1.82, 2.24) is 19.7 Å². The molecule has 0 aromatic carbocycles. The highest BCUT2D eigenvalue weighted by molar-refractivity contribution is 7.98. The first-order chi connectivity index (χ1) is 8.20. The largest absolute Gasteiger partial charge is 0.362 e. The molecule has 0 aliphatic heterocycles. The number of nitrogens with one attached hydrogen (secondary N) is 1. The van der Waals surface area contributed by atoms with Crippen molar-refractivity contribution in [2.75, 3.05) is 11.9 Å². The van der Waals surface area contributed by atoms with Crippen LogP contribution in [0.15, 0.2) is 11.4 Å². The van der Waals surface area contributed by atoms with E-state index in [2.05, 4.69) is 27.4 Å². The molecule has 0 fully saturated rings. The van der Waals surface area contributed by atoms with Gasteiger partial charge in [-0.1, -0.05) is 11.8 Å². The van der Waals surface area contributed by atoms with Crippen LogP contribution >= 0.6 is 23.1 Å². The Bertz CT molecular complexity index is 491. The van der Waals surface area contributed by atoms with Crippen molar-refractivity contribution in [2.24, 2.45) is 7.05 Å². The number of anilines is 1. The average Bonchev–Trinajstić information content (AvgIpc) is 2.87. The van der Waals surface area contributed by atoms with Gasteiger partial charge in [0.15, 0.2) is 10.3 Å². The molecule has 1 N–H and O–H groups in total. The van der Waals surface area contributed by atoms with Gasteiger partial charge < -0.3 is 9.88 Å². The molecule has 0 atom stereocenters. The Hall–Kier alpha value is -1.08.